The van der Waals surface area contributed by atoms with Crippen LogP contribution in [0.3, 0.4) is 0 Å². The van der Waals surface area contributed by atoms with E-state index in [9.17, 15) is 9.59 Å². The highest BCUT2D eigenvalue weighted by Gasteiger charge is 2.20. The Kier molecular flexibility index (Phi) is 5.65. The van der Waals surface area contributed by atoms with Crippen molar-refractivity contribution in [3.05, 3.63) is 58.3 Å². The lowest BCUT2D eigenvalue weighted by molar-refractivity contribution is -0.147. The molecular formula is C17H14ClN3O4S. The van der Waals surface area contributed by atoms with Crippen LogP contribution in [0.1, 0.15) is 23.2 Å². The molecule has 1 aromatic carbocycles. The lowest BCUT2D eigenvalue weighted by Gasteiger charge is -2.13. The molecule has 2 heterocycles. The fraction of sp³-hybridized carbons (Fsp3) is 0.176. The third-order valence-electron chi connectivity index (χ3n) is 3.37. The number of halogens is 1. The Morgan fingerprint density at radius 3 is 2.85 bits per heavy atom. The maximum Gasteiger partial charge on any atom is 0.328 e. The van der Waals surface area contributed by atoms with E-state index in [1.54, 1.807) is 24.3 Å². The Hall–Kier alpha value is -2.71. The molecule has 0 radical (unpaired) electrons. The predicted octanol–water partition coefficient (Wildman–Crippen LogP) is 3.31. The Labute approximate surface area is 157 Å². The summed E-state index contributed by atoms with van der Waals surface area (Å²) in [7, 11) is 0. The minimum absolute atomic E-state index is 0.173. The Balaban J connectivity index is 1.53. The molecular weight excluding hydrogens is 378 g/mol. The van der Waals surface area contributed by atoms with E-state index >= 15 is 0 Å². The third kappa shape index (κ3) is 4.27. The molecule has 0 aliphatic carbocycles. The fourth-order valence-electron chi connectivity index (χ4n) is 2.06. The van der Waals surface area contributed by atoms with Crippen LogP contribution in [0.5, 0.6) is 0 Å². The number of thiophene rings is 1. The molecule has 1 N–H and O–H groups in total. The van der Waals surface area contributed by atoms with Gasteiger partial charge in [-0.1, -0.05) is 35.0 Å². The number of hydrogen-bond acceptors (Lipinski definition) is 7. The normalized spacial score (nSPS) is 11.8. The summed E-state index contributed by atoms with van der Waals surface area (Å²) in [5.74, 6) is -0.475. The highest BCUT2D eigenvalue weighted by molar-refractivity contribution is 7.13. The van der Waals surface area contributed by atoms with Gasteiger partial charge in [-0.3, -0.25) is 4.79 Å². The van der Waals surface area contributed by atoms with Gasteiger partial charge in [0.05, 0.1) is 15.5 Å². The molecule has 0 saturated heterocycles. The van der Waals surface area contributed by atoms with Crippen molar-refractivity contribution in [2.24, 2.45) is 0 Å². The standard InChI is InChI=1S/C17H14ClN3O4S/c1-10(19-16(22)11-5-2-3-6-12(11)18)17(23)24-9-14-20-15(21-25-14)13-7-4-8-26-13/h2-8,10H,9H2,1H3,(H,19,22)/t10-/m0/s1. The topological polar surface area (TPSA) is 94.3 Å². The number of ether oxygens (including phenoxy) is 1. The number of nitrogens with zero attached hydrogens (tertiary/aromatic N) is 2. The summed E-state index contributed by atoms with van der Waals surface area (Å²) in [6, 6.07) is 9.44. The molecule has 0 bridgehead atoms. The molecule has 0 aliphatic heterocycles. The van der Waals surface area contributed by atoms with E-state index in [2.05, 4.69) is 15.5 Å². The average Bonchev–Trinajstić information content (AvgIpc) is 3.31. The van der Waals surface area contributed by atoms with Crippen molar-refractivity contribution in [3.8, 4) is 10.7 Å². The fourth-order valence-corrected chi connectivity index (χ4v) is 2.93. The monoisotopic (exact) mass is 391 g/mol. The van der Waals surface area contributed by atoms with Gasteiger partial charge in [-0.2, -0.15) is 4.98 Å². The molecule has 3 rings (SSSR count). The van der Waals surface area contributed by atoms with Gasteiger partial charge in [-0.15, -0.1) is 11.3 Å². The number of nitrogens with one attached hydrogen (secondary N) is 1. The predicted molar refractivity (Wildman–Crippen MR) is 95.8 cm³/mol. The number of carbonyl (C=O) groups excluding carboxylic acids is 2. The van der Waals surface area contributed by atoms with Crippen LogP contribution in [0.15, 0.2) is 46.3 Å². The molecule has 0 unspecified atom stereocenters. The first-order chi connectivity index (χ1) is 12.5. The molecule has 134 valence electrons. The van der Waals surface area contributed by atoms with Crippen molar-refractivity contribution in [2.75, 3.05) is 0 Å². The van der Waals surface area contributed by atoms with Crippen LogP contribution in [0.25, 0.3) is 10.7 Å². The third-order valence-corrected chi connectivity index (χ3v) is 4.56. The van der Waals surface area contributed by atoms with Gasteiger partial charge in [0.25, 0.3) is 11.8 Å². The maximum atomic E-state index is 12.1. The summed E-state index contributed by atoms with van der Waals surface area (Å²) in [5.41, 5.74) is 0.284. The van der Waals surface area contributed by atoms with Crippen LogP contribution in [0, 0.1) is 0 Å². The van der Waals surface area contributed by atoms with Crippen LogP contribution in [-0.4, -0.2) is 28.1 Å². The van der Waals surface area contributed by atoms with E-state index in [1.807, 2.05) is 17.5 Å². The summed E-state index contributed by atoms with van der Waals surface area (Å²) in [4.78, 5) is 29.2. The maximum absolute atomic E-state index is 12.1. The lowest BCUT2D eigenvalue weighted by atomic mass is 10.2. The highest BCUT2D eigenvalue weighted by atomic mass is 35.5. The molecule has 0 aliphatic rings. The van der Waals surface area contributed by atoms with Crippen molar-refractivity contribution in [1.82, 2.24) is 15.5 Å². The molecule has 0 fully saturated rings. The summed E-state index contributed by atoms with van der Waals surface area (Å²) < 4.78 is 10.2. The van der Waals surface area contributed by atoms with Crippen LogP contribution >= 0.6 is 22.9 Å². The Bertz CT molecular complexity index is 910. The average molecular weight is 392 g/mol. The first-order valence-corrected chi connectivity index (χ1v) is 8.89. The van der Waals surface area contributed by atoms with Gasteiger partial charge >= 0.3 is 5.97 Å². The van der Waals surface area contributed by atoms with E-state index in [1.165, 1.54) is 18.3 Å². The lowest BCUT2D eigenvalue weighted by Crippen LogP contribution is -2.39. The first-order valence-electron chi connectivity index (χ1n) is 7.63. The van der Waals surface area contributed by atoms with Crippen molar-refractivity contribution < 1.29 is 18.8 Å². The van der Waals surface area contributed by atoms with Gasteiger partial charge in [0.15, 0.2) is 6.61 Å². The van der Waals surface area contributed by atoms with Gasteiger partial charge in [-0.25, -0.2) is 4.79 Å². The van der Waals surface area contributed by atoms with Gasteiger partial charge in [0.1, 0.15) is 6.04 Å². The van der Waals surface area contributed by atoms with Crippen molar-refractivity contribution in [2.45, 2.75) is 19.6 Å². The van der Waals surface area contributed by atoms with Gasteiger partial charge < -0.3 is 14.6 Å². The molecule has 3 aromatic rings. The van der Waals surface area contributed by atoms with E-state index in [4.69, 9.17) is 20.9 Å². The molecule has 26 heavy (non-hydrogen) atoms. The number of carbonyl (C=O) groups is 2. The zero-order valence-electron chi connectivity index (χ0n) is 13.6. The quantitative estimate of drug-likeness (QED) is 0.648. The van der Waals surface area contributed by atoms with Gasteiger partial charge in [0, 0.05) is 0 Å². The molecule has 1 amide bonds. The Morgan fingerprint density at radius 1 is 1.31 bits per heavy atom. The largest absolute Gasteiger partial charge is 0.454 e. The summed E-state index contributed by atoms with van der Waals surface area (Å²) >= 11 is 7.44. The molecule has 0 saturated carbocycles. The molecule has 0 spiro atoms. The minimum Gasteiger partial charge on any atom is -0.454 e. The molecule has 9 heteroatoms. The second-order valence-corrected chi connectivity index (χ2v) is 6.63. The molecule has 7 nitrogen and oxygen atoms in total. The highest BCUT2D eigenvalue weighted by Crippen LogP contribution is 2.21. The zero-order chi connectivity index (χ0) is 18.5. The number of benzene rings is 1. The summed E-state index contributed by atoms with van der Waals surface area (Å²) in [6.45, 7) is 1.34. The smallest absolute Gasteiger partial charge is 0.328 e. The van der Waals surface area contributed by atoms with E-state index in [0.29, 0.717) is 10.8 Å². The molecule has 1 atom stereocenters. The van der Waals surface area contributed by atoms with Crippen LogP contribution in [-0.2, 0) is 16.1 Å². The van der Waals surface area contributed by atoms with E-state index in [-0.39, 0.29) is 18.1 Å². The minimum atomic E-state index is -0.863. The summed E-state index contributed by atoms with van der Waals surface area (Å²) in [5, 5.41) is 8.57. The number of amides is 1. The van der Waals surface area contributed by atoms with Crippen molar-refractivity contribution in [3.63, 3.8) is 0 Å². The zero-order valence-corrected chi connectivity index (χ0v) is 15.2. The van der Waals surface area contributed by atoms with Crippen LogP contribution in [0.4, 0.5) is 0 Å². The number of rotatable bonds is 6. The number of aromatic nitrogens is 2. The van der Waals surface area contributed by atoms with Crippen LogP contribution < -0.4 is 5.32 Å². The van der Waals surface area contributed by atoms with Gasteiger partial charge in [-0.05, 0) is 30.5 Å². The number of hydrogen-bond donors (Lipinski definition) is 1. The van der Waals surface area contributed by atoms with Crippen molar-refractivity contribution in [1.29, 1.82) is 0 Å². The Morgan fingerprint density at radius 2 is 2.12 bits per heavy atom. The first kappa shape index (κ1) is 18.1. The second-order valence-electron chi connectivity index (χ2n) is 5.27. The van der Waals surface area contributed by atoms with Gasteiger partial charge in [0.2, 0.25) is 5.82 Å². The van der Waals surface area contributed by atoms with Crippen molar-refractivity contribution >= 4 is 34.8 Å². The van der Waals surface area contributed by atoms with E-state index in [0.717, 1.165) is 4.88 Å². The number of esters is 1. The second kappa shape index (κ2) is 8.11. The SMILES string of the molecule is C[C@H](NC(=O)c1ccccc1Cl)C(=O)OCc1nc(-c2cccs2)no1. The molecule has 2 aromatic heterocycles. The van der Waals surface area contributed by atoms with E-state index < -0.39 is 17.9 Å². The summed E-state index contributed by atoms with van der Waals surface area (Å²) in [6.07, 6.45) is 0. The van der Waals surface area contributed by atoms with Crippen LogP contribution in [0.2, 0.25) is 5.02 Å².